The summed E-state index contributed by atoms with van der Waals surface area (Å²) in [5.74, 6) is 0.385. The highest BCUT2D eigenvalue weighted by Gasteiger charge is 2.26. The Balaban J connectivity index is 1.42. The van der Waals surface area contributed by atoms with Crippen molar-refractivity contribution in [3.05, 3.63) is 48.0 Å². The summed E-state index contributed by atoms with van der Waals surface area (Å²) in [5.41, 5.74) is 1.93. The van der Waals surface area contributed by atoms with Crippen LogP contribution in [-0.4, -0.2) is 51.3 Å². The number of piperidine rings is 1. The van der Waals surface area contributed by atoms with Gasteiger partial charge < -0.3 is 15.0 Å². The quantitative estimate of drug-likeness (QED) is 0.669. The molecule has 0 radical (unpaired) electrons. The van der Waals surface area contributed by atoms with E-state index in [1.807, 2.05) is 0 Å². The van der Waals surface area contributed by atoms with Crippen LogP contribution in [0.2, 0.25) is 0 Å². The predicted molar refractivity (Wildman–Crippen MR) is 126 cm³/mol. The summed E-state index contributed by atoms with van der Waals surface area (Å²) < 4.78 is 32.5. The van der Waals surface area contributed by atoms with Crippen LogP contribution in [0.15, 0.2) is 47.4 Å². The van der Waals surface area contributed by atoms with Gasteiger partial charge in [-0.25, -0.2) is 8.42 Å². The van der Waals surface area contributed by atoms with E-state index in [2.05, 4.69) is 5.32 Å². The van der Waals surface area contributed by atoms with E-state index in [1.165, 1.54) is 4.31 Å². The molecule has 2 amide bonds. The molecule has 8 nitrogen and oxygen atoms in total. The average Bonchev–Trinajstić information content (AvgIpc) is 3.25. The number of methoxy groups -OCH3 is 1. The first kappa shape index (κ1) is 23.3. The Morgan fingerprint density at radius 1 is 1.00 bits per heavy atom. The van der Waals surface area contributed by atoms with Gasteiger partial charge in [0, 0.05) is 31.7 Å². The number of benzene rings is 2. The molecule has 4 rings (SSSR count). The molecule has 2 aromatic rings. The highest BCUT2D eigenvalue weighted by atomic mass is 32.2. The molecule has 176 valence electrons. The van der Waals surface area contributed by atoms with E-state index < -0.39 is 10.0 Å². The number of anilines is 2. The molecule has 0 aliphatic carbocycles. The fourth-order valence-electron chi connectivity index (χ4n) is 4.31. The van der Waals surface area contributed by atoms with E-state index in [4.69, 9.17) is 4.74 Å². The van der Waals surface area contributed by atoms with E-state index in [0.717, 1.165) is 25.7 Å². The summed E-state index contributed by atoms with van der Waals surface area (Å²) in [6.07, 6.45) is 4.23. The van der Waals surface area contributed by atoms with Gasteiger partial charge in [-0.3, -0.25) is 9.59 Å². The molecule has 2 aromatic carbocycles. The minimum absolute atomic E-state index is 0.0383. The van der Waals surface area contributed by atoms with Crippen LogP contribution >= 0.6 is 0 Å². The molecular weight excluding hydrogens is 442 g/mol. The molecule has 2 heterocycles. The summed E-state index contributed by atoms with van der Waals surface area (Å²) in [4.78, 5) is 26.7. The van der Waals surface area contributed by atoms with Crippen molar-refractivity contribution in [3.63, 3.8) is 0 Å². The third-order valence-electron chi connectivity index (χ3n) is 6.07. The Labute approximate surface area is 194 Å². The summed E-state index contributed by atoms with van der Waals surface area (Å²) in [5, 5.41) is 2.86. The molecule has 9 heteroatoms. The largest absolute Gasteiger partial charge is 0.495 e. The Morgan fingerprint density at radius 3 is 2.36 bits per heavy atom. The van der Waals surface area contributed by atoms with Gasteiger partial charge in [0.15, 0.2) is 0 Å². The Hall–Kier alpha value is -2.91. The second-order valence-corrected chi connectivity index (χ2v) is 10.3. The Kier molecular flexibility index (Phi) is 6.99. The zero-order chi connectivity index (χ0) is 23.4. The number of carbonyl (C=O) groups excluding carboxylic acids is 2. The smallest absolute Gasteiger partial charge is 0.243 e. The molecule has 33 heavy (non-hydrogen) atoms. The number of nitrogens with zero attached hydrogens (tertiary/aromatic N) is 2. The maximum atomic E-state index is 12.8. The fourth-order valence-corrected chi connectivity index (χ4v) is 5.82. The van der Waals surface area contributed by atoms with E-state index in [1.54, 1.807) is 54.5 Å². The summed E-state index contributed by atoms with van der Waals surface area (Å²) in [7, 11) is -1.94. The average molecular weight is 472 g/mol. The Morgan fingerprint density at radius 2 is 1.73 bits per heavy atom. The van der Waals surface area contributed by atoms with Gasteiger partial charge in [-0.2, -0.15) is 4.31 Å². The van der Waals surface area contributed by atoms with Crippen molar-refractivity contribution >= 4 is 33.2 Å². The minimum Gasteiger partial charge on any atom is -0.495 e. The first-order chi connectivity index (χ1) is 15.9. The van der Waals surface area contributed by atoms with E-state index in [9.17, 15) is 18.0 Å². The number of sulfonamides is 1. The topological polar surface area (TPSA) is 96.0 Å². The molecule has 2 aliphatic heterocycles. The van der Waals surface area contributed by atoms with Gasteiger partial charge in [0.1, 0.15) is 5.75 Å². The lowest BCUT2D eigenvalue weighted by Crippen LogP contribution is -2.35. The molecule has 0 unspecified atom stereocenters. The molecule has 2 saturated heterocycles. The lowest BCUT2D eigenvalue weighted by molar-refractivity contribution is -0.117. The van der Waals surface area contributed by atoms with Gasteiger partial charge in [-0.15, -0.1) is 0 Å². The third-order valence-corrected chi connectivity index (χ3v) is 7.98. The van der Waals surface area contributed by atoms with Crippen LogP contribution in [0, 0.1) is 0 Å². The monoisotopic (exact) mass is 471 g/mol. The van der Waals surface area contributed by atoms with Gasteiger partial charge in [-0.05, 0) is 55.2 Å². The first-order valence-electron chi connectivity index (χ1n) is 11.3. The number of ether oxygens (including phenoxy) is 1. The van der Waals surface area contributed by atoms with Crippen LogP contribution in [0.1, 0.15) is 37.7 Å². The molecular formula is C24H29N3O5S. The fraction of sp³-hybridized carbons (Fsp3) is 0.417. The predicted octanol–water partition coefficient (Wildman–Crippen LogP) is 3.18. The molecule has 2 aliphatic rings. The van der Waals surface area contributed by atoms with Crippen molar-refractivity contribution in [1.29, 1.82) is 0 Å². The van der Waals surface area contributed by atoms with Crippen LogP contribution in [-0.2, 0) is 26.0 Å². The van der Waals surface area contributed by atoms with E-state index in [-0.39, 0.29) is 23.1 Å². The standard InChI is InChI=1S/C24H29N3O5S/c1-32-22-12-9-19(17-21(22)27-15-5-6-24(27)29)25-23(28)16-18-7-10-20(11-8-18)33(30,31)26-13-3-2-4-14-26/h7-12,17H,2-6,13-16H2,1H3,(H,25,28). The van der Waals surface area contributed by atoms with Crippen molar-refractivity contribution < 1.29 is 22.7 Å². The van der Waals surface area contributed by atoms with Crippen molar-refractivity contribution in [3.8, 4) is 5.75 Å². The summed E-state index contributed by atoms with van der Waals surface area (Å²) in [6, 6.07) is 11.7. The number of amides is 2. The first-order valence-corrected chi connectivity index (χ1v) is 12.7. The van der Waals surface area contributed by atoms with Gasteiger partial charge in [0.2, 0.25) is 21.8 Å². The molecule has 0 aromatic heterocycles. The highest BCUT2D eigenvalue weighted by Crippen LogP contribution is 2.34. The van der Waals surface area contributed by atoms with Crippen LogP contribution < -0.4 is 15.0 Å². The molecule has 2 fully saturated rings. The third kappa shape index (κ3) is 5.20. The normalized spacial score (nSPS) is 17.2. The maximum Gasteiger partial charge on any atom is 0.243 e. The van der Waals surface area contributed by atoms with E-state index >= 15 is 0 Å². The number of hydrogen-bond acceptors (Lipinski definition) is 5. The molecule has 0 saturated carbocycles. The zero-order valence-electron chi connectivity index (χ0n) is 18.7. The van der Waals surface area contributed by atoms with Gasteiger partial charge >= 0.3 is 0 Å². The molecule has 0 bridgehead atoms. The molecule has 0 atom stereocenters. The number of hydrogen-bond donors (Lipinski definition) is 1. The SMILES string of the molecule is COc1ccc(NC(=O)Cc2ccc(S(=O)(=O)N3CCCCC3)cc2)cc1N1CCCC1=O. The second kappa shape index (κ2) is 9.93. The van der Waals surface area contributed by atoms with Crippen LogP contribution in [0.25, 0.3) is 0 Å². The lowest BCUT2D eigenvalue weighted by atomic mass is 10.1. The van der Waals surface area contributed by atoms with Crippen molar-refractivity contribution in [2.45, 2.75) is 43.4 Å². The highest BCUT2D eigenvalue weighted by molar-refractivity contribution is 7.89. The Bertz CT molecular complexity index is 1130. The molecule has 1 N–H and O–H groups in total. The number of nitrogens with one attached hydrogen (secondary N) is 1. The van der Waals surface area contributed by atoms with Crippen LogP contribution in [0.5, 0.6) is 5.75 Å². The number of rotatable bonds is 7. The lowest BCUT2D eigenvalue weighted by Gasteiger charge is -2.25. The van der Waals surface area contributed by atoms with Gasteiger partial charge in [0.05, 0.1) is 24.1 Å². The number of carbonyl (C=O) groups is 2. The molecule has 0 spiro atoms. The van der Waals surface area contributed by atoms with Crippen LogP contribution in [0.4, 0.5) is 11.4 Å². The summed E-state index contributed by atoms with van der Waals surface area (Å²) in [6.45, 7) is 1.73. The van der Waals surface area contributed by atoms with Gasteiger partial charge in [-0.1, -0.05) is 18.6 Å². The van der Waals surface area contributed by atoms with E-state index in [0.29, 0.717) is 48.7 Å². The van der Waals surface area contributed by atoms with Crippen molar-refractivity contribution in [2.24, 2.45) is 0 Å². The van der Waals surface area contributed by atoms with Crippen LogP contribution in [0.3, 0.4) is 0 Å². The van der Waals surface area contributed by atoms with Gasteiger partial charge in [0.25, 0.3) is 0 Å². The van der Waals surface area contributed by atoms with Crippen molar-refractivity contribution in [2.75, 3.05) is 37.0 Å². The summed E-state index contributed by atoms with van der Waals surface area (Å²) >= 11 is 0. The minimum atomic E-state index is -3.49. The van der Waals surface area contributed by atoms with Crippen molar-refractivity contribution in [1.82, 2.24) is 4.31 Å². The second-order valence-electron chi connectivity index (χ2n) is 8.37. The maximum absolute atomic E-state index is 12.8. The zero-order valence-corrected chi connectivity index (χ0v) is 19.6.